The molecule has 0 saturated heterocycles. The van der Waals surface area contributed by atoms with E-state index in [-0.39, 0.29) is 29.1 Å². The van der Waals surface area contributed by atoms with Gasteiger partial charge in [-0.05, 0) is 32.2 Å². The highest BCUT2D eigenvalue weighted by atomic mass is 79.9. The second-order valence-corrected chi connectivity index (χ2v) is 5.52. The fraction of sp³-hybridized carbons (Fsp3) is 0.385. The van der Waals surface area contributed by atoms with Crippen molar-refractivity contribution < 1.29 is 27.9 Å². The van der Waals surface area contributed by atoms with Crippen LogP contribution in [0.25, 0.3) is 0 Å². The van der Waals surface area contributed by atoms with Crippen LogP contribution in [0.5, 0.6) is 0 Å². The van der Waals surface area contributed by atoms with Crippen molar-refractivity contribution in [3.8, 4) is 0 Å². The SMILES string of the molecule is CC(C(=O)O)N(C)CC(=O)Nc1ccc(Br)c(C(F)(F)F)c1.Cl. The Kier molecular flexibility index (Phi) is 8.02. The lowest BCUT2D eigenvalue weighted by atomic mass is 10.2. The topological polar surface area (TPSA) is 69.6 Å². The molecule has 0 bridgehead atoms. The van der Waals surface area contributed by atoms with Crippen LogP contribution < -0.4 is 5.32 Å². The number of aliphatic carboxylic acids is 1. The molecule has 130 valence electrons. The fourth-order valence-electron chi connectivity index (χ4n) is 1.57. The lowest BCUT2D eigenvalue weighted by Gasteiger charge is -2.20. The Labute approximate surface area is 145 Å². The summed E-state index contributed by atoms with van der Waals surface area (Å²) in [6.07, 6.45) is -4.55. The third-order valence-electron chi connectivity index (χ3n) is 2.97. The molecule has 5 nitrogen and oxygen atoms in total. The van der Waals surface area contributed by atoms with Crippen molar-refractivity contribution in [1.29, 1.82) is 0 Å². The van der Waals surface area contributed by atoms with Crippen molar-refractivity contribution in [1.82, 2.24) is 4.90 Å². The first-order chi connectivity index (χ1) is 10.0. The molecule has 10 heteroatoms. The summed E-state index contributed by atoms with van der Waals surface area (Å²) in [7, 11) is 1.43. The van der Waals surface area contributed by atoms with Crippen molar-refractivity contribution in [2.75, 3.05) is 18.9 Å². The van der Waals surface area contributed by atoms with E-state index in [2.05, 4.69) is 21.2 Å². The molecule has 0 heterocycles. The number of carboxylic acids is 1. The second kappa shape index (κ2) is 8.51. The van der Waals surface area contributed by atoms with E-state index < -0.39 is 29.7 Å². The number of carbonyl (C=O) groups is 2. The molecule has 0 aromatic heterocycles. The number of nitrogens with zero attached hydrogens (tertiary/aromatic N) is 1. The van der Waals surface area contributed by atoms with Crippen LogP contribution in [0.1, 0.15) is 12.5 Å². The van der Waals surface area contributed by atoms with E-state index in [9.17, 15) is 22.8 Å². The van der Waals surface area contributed by atoms with Gasteiger partial charge < -0.3 is 10.4 Å². The number of hydrogen-bond donors (Lipinski definition) is 2. The molecule has 0 spiro atoms. The van der Waals surface area contributed by atoms with Gasteiger partial charge in [-0.1, -0.05) is 15.9 Å². The minimum Gasteiger partial charge on any atom is -0.480 e. The molecule has 0 fully saturated rings. The Morgan fingerprint density at radius 1 is 1.39 bits per heavy atom. The van der Waals surface area contributed by atoms with Crippen molar-refractivity contribution >= 4 is 45.9 Å². The molecule has 1 atom stereocenters. The van der Waals surface area contributed by atoms with Crippen LogP contribution in [0, 0.1) is 0 Å². The average Bonchev–Trinajstić information content (AvgIpc) is 2.38. The molecule has 0 aliphatic heterocycles. The van der Waals surface area contributed by atoms with Gasteiger partial charge >= 0.3 is 12.1 Å². The summed E-state index contributed by atoms with van der Waals surface area (Å²) in [6.45, 7) is 1.14. The van der Waals surface area contributed by atoms with Gasteiger partial charge in [-0.15, -0.1) is 12.4 Å². The molecule has 1 unspecified atom stereocenters. The van der Waals surface area contributed by atoms with Crippen LogP contribution in [-0.2, 0) is 15.8 Å². The molecule has 23 heavy (non-hydrogen) atoms. The number of hydrogen-bond acceptors (Lipinski definition) is 3. The van der Waals surface area contributed by atoms with Gasteiger partial charge in [0.2, 0.25) is 5.91 Å². The van der Waals surface area contributed by atoms with Crippen LogP contribution in [0.15, 0.2) is 22.7 Å². The molecule has 0 radical (unpaired) electrons. The molecule has 1 aromatic carbocycles. The second-order valence-electron chi connectivity index (χ2n) is 4.67. The van der Waals surface area contributed by atoms with Gasteiger partial charge in [-0.3, -0.25) is 14.5 Å². The van der Waals surface area contributed by atoms with Crippen LogP contribution >= 0.6 is 28.3 Å². The normalized spacial score (nSPS) is 12.5. The number of alkyl halides is 3. The molecule has 0 aliphatic rings. The van der Waals surface area contributed by atoms with E-state index in [0.29, 0.717) is 0 Å². The van der Waals surface area contributed by atoms with E-state index in [0.717, 1.165) is 6.07 Å². The number of anilines is 1. The Hall–Kier alpha value is -1.32. The van der Waals surface area contributed by atoms with Crippen molar-refractivity contribution in [2.24, 2.45) is 0 Å². The smallest absolute Gasteiger partial charge is 0.417 e. The van der Waals surface area contributed by atoms with Crippen molar-refractivity contribution in [3.05, 3.63) is 28.2 Å². The zero-order valence-electron chi connectivity index (χ0n) is 12.1. The highest BCUT2D eigenvalue weighted by Crippen LogP contribution is 2.36. The van der Waals surface area contributed by atoms with E-state index in [1.54, 1.807) is 0 Å². The number of likely N-dealkylation sites (N-methyl/N-ethyl adjacent to an activating group) is 1. The van der Waals surface area contributed by atoms with E-state index in [1.807, 2.05) is 0 Å². The minimum absolute atomic E-state index is 0. The maximum atomic E-state index is 12.8. The first kappa shape index (κ1) is 21.7. The first-order valence-corrected chi connectivity index (χ1v) is 6.91. The van der Waals surface area contributed by atoms with Crippen LogP contribution in [-0.4, -0.2) is 41.5 Å². The van der Waals surface area contributed by atoms with E-state index in [1.165, 1.54) is 31.0 Å². The van der Waals surface area contributed by atoms with Crippen LogP contribution in [0.4, 0.5) is 18.9 Å². The largest absolute Gasteiger partial charge is 0.480 e. The summed E-state index contributed by atoms with van der Waals surface area (Å²) in [4.78, 5) is 23.8. The highest BCUT2D eigenvalue weighted by Gasteiger charge is 2.33. The Morgan fingerprint density at radius 2 is 1.96 bits per heavy atom. The van der Waals surface area contributed by atoms with Crippen molar-refractivity contribution in [3.63, 3.8) is 0 Å². The van der Waals surface area contributed by atoms with E-state index in [4.69, 9.17) is 5.11 Å². The quantitative estimate of drug-likeness (QED) is 0.769. The fourth-order valence-corrected chi connectivity index (χ4v) is 2.04. The Bertz CT molecular complexity index is 584. The predicted molar refractivity (Wildman–Crippen MR) is 84.7 cm³/mol. The van der Waals surface area contributed by atoms with Gasteiger partial charge in [-0.25, -0.2) is 0 Å². The monoisotopic (exact) mass is 418 g/mol. The summed E-state index contributed by atoms with van der Waals surface area (Å²) in [5.74, 6) is -1.70. The maximum absolute atomic E-state index is 12.8. The zero-order chi connectivity index (χ0) is 17.1. The highest BCUT2D eigenvalue weighted by molar-refractivity contribution is 9.10. The summed E-state index contributed by atoms with van der Waals surface area (Å²) in [5, 5.41) is 11.1. The standard InChI is InChI=1S/C13H14BrF3N2O3.ClH/c1-7(12(21)22)19(2)6-11(20)18-8-3-4-10(14)9(5-8)13(15,16)17;/h3-5,7H,6H2,1-2H3,(H,18,20)(H,21,22);1H. The number of amides is 1. The molecule has 1 aromatic rings. The van der Waals surface area contributed by atoms with Gasteiger partial charge in [0.25, 0.3) is 0 Å². The molecular weight excluding hydrogens is 405 g/mol. The molecule has 2 N–H and O–H groups in total. The summed E-state index contributed by atoms with van der Waals surface area (Å²) in [6, 6.07) is 2.42. The number of carbonyl (C=O) groups excluding carboxylic acids is 1. The summed E-state index contributed by atoms with van der Waals surface area (Å²) >= 11 is 2.80. The van der Waals surface area contributed by atoms with Crippen molar-refractivity contribution in [2.45, 2.75) is 19.1 Å². The Morgan fingerprint density at radius 3 is 2.43 bits per heavy atom. The lowest BCUT2D eigenvalue weighted by Crippen LogP contribution is -2.40. The molecule has 0 saturated carbocycles. The molecule has 1 rings (SSSR count). The lowest BCUT2D eigenvalue weighted by molar-refractivity contribution is -0.142. The molecule has 1 amide bonds. The van der Waals surface area contributed by atoms with Crippen LogP contribution in [0.2, 0.25) is 0 Å². The van der Waals surface area contributed by atoms with E-state index >= 15 is 0 Å². The number of benzene rings is 1. The number of rotatable bonds is 5. The third kappa shape index (κ3) is 6.36. The zero-order valence-corrected chi connectivity index (χ0v) is 14.6. The third-order valence-corrected chi connectivity index (χ3v) is 3.66. The molecule has 0 aliphatic carbocycles. The number of nitrogens with one attached hydrogen (secondary N) is 1. The van der Waals surface area contributed by atoms with Gasteiger partial charge in [0.05, 0.1) is 12.1 Å². The van der Waals surface area contributed by atoms with Crippen LogP contribution in [0.3, 0.4) is 0 Å². The Balaban J connectivity index is 0.00000484. The van der Waals surface area contributed by atoms with Gasteiger partial charge in [-0.2, -0.15) is 13.2 Å². The average molecular weight is 420 g/mol. The number of carboxylic acid groups (broad SMARTS) is 1. The van der Waals surface area contributed by atoms with Gasteiger partial charge in [0.1, 0.15) is 6.04 Å². The minimum atomic E-state index is -4.55. The summed E-state index contributed by atoms with van der Waals surface area (Å²) in [5.41, 5.74) is -0.922. The van der Waals surface area contributed by atoms with Gasteiger partial charge in [0.15, 0.2) is 0 Å². The summed E-state index contributed by atoms with van der Waals surface area (Å²) < 4.78 is 38.1. The van der Waals surface area contributed by atoms with Gasteiger partial charge in [0, 0.05) is 10.2 Å². The molecular formula is C13H15BrClF3N2O3. The maximum Gasteiger partial charge on any atom is 0.417 e. The predicted octanol–water partition coefficient (Wildman–Crippen LogP) is 3.23. The first-order valence-electron chi connectivity index (χ1n) is 6.12. The number of halogens is 5.